The third kappa shape index (κ3) is 4.47. The van der Waals surface area contributed by atoms with Gasteiger partial charge in [-0.2, -0.15) is 18.4 Å². The van der Waals surface area contributed by atoms with E-state index in [0.717, 1.165) is 23.4 Å². The molecule has 0 saturated carbocycles. The number of ether oxygens (including phenoxy) is 2. The van der Waals surface area contributed by atoms with E-state index >= 15 is 0 Å². The third-order valence-corrected chi connectivity index (χ3v) is 5.94. The van der Waals surface area contributed by atoms with E-state index in [-0.39, 0.29) is 16.0 Å². The van der Waals surface area contributed by atoms with Crippen LogP contribution in [0.4, 0.5) is 13.2 Å². The summed E-state index contributed by atoms with van der Waals surface area (Å²) in [6, 6.07) is 16.9. The molecular formula is C23H17F3N2O2S. The van der Waals surface area contributed by atoms with Crippen molar-refractivity contribution in [3.05, 3.63) is 71.3 Å². The maximum absolute atomic E-state index is 13.8. The maximum atomic E-state index is 13.8. The normalized spacial score (nSPS) is 14.0. The lowest BCUT2D eigenvalue weighted by Gasteiger charge is -2.20. The molecule has 4 nitrogen and oxygen atoms in total. The largest absolute Gasteiger partial charge is 0.486 e. The Hall–Kier alpha value is -3.18. The van der Waals surface area contributed by atoms with Crippen molar-refractivity contribution < 1.29 is 22.6 Å². The predicted molar refractivity (Wildman–Crippen MR) is 111 cm³/mol. The van der Waals surface area contributed by atoms with E-state index in [1.165, 1.54) is 0 Å². The molecule has 1 atom stereocenters. The molecule has 0 radical (unpaired) electrons. The summed E-state index contributed by atoms with van der Waals surface area (Å²) in [5.41, 5.74) is 0.0234. The molecule has 1 aromatic heterocycles. The first-order chi connectivity index (χ1) is 14.9. The Labute approximate surface area is 181 Å². The molecule has 0 aliphatic carbocycles. The number of hydrogen-bond acceptors (Lipinski definition) is 5. The number of nitrogens with zero attached hydrogens (tertiary/aromatic N) is 2. The number of rotatable bonds is 4. The van der Waals surface area contributed by atoms with E-state index in [2.05, 4.69) is 4.98 Å². The van der Waals surface area contributed by atoms with Gasteiger partial charge in [-0.15, -0.1) is 0 Å². The van der Waals surface area contributed by atoms with Crippen molar-refractivity contribution in [1.82, 2.24) is 4.98 Å². The van der Waals surface area contributed by atoms with E-state index in [9.17, 15) is 18.4 Å². The van der Waals surface area contributed by atoms with Gasteiger partial charge in [0.05, 0.1) is 16.8 Å². The zero-order valence-electron chi connectivity index (χ0n) is 16.4. The number of pyridine rings is 1. The van der Waals surface area contributed by atoms with Crippen molar-refractivity contribution in [2.45, 2.75) is 23.4 Å². The van der Waals surface area contributed by atoms with Gasteiger partial charge in [-0.3, -0.25) is 0 Å². The fourth-order valence-corrected chi connectivity index (χ4v) is 4.30. The summed E-state index contributed by atoms with van der Waals surface area (Å²) in [7, 11) is 0. The average molecular weight is 442 g/mol. The number of fused-ring (bicyclic) bond motifs is 1. The fraction of sp³-hybridized carbons (Fsp3) is 0.217. The first-order valence-corrected chi connectivity index (χ1v) is 10.4. The van der Waals surface area contributed by atoms with Crippen LogP contribution in [-0.4, -0.2) is 18.2 Å². The minimum Gasteiger partial charge on any atom is -0.486 e. The Morgan fingerprint density at radius 3 is 2.42 bits per heavy atom. The zero-order valence-corrected chi connectivity index (χ0v) is 17.3. The van der Waals surface area contributed by atoms with Crippen LogP contribution in [-0.2, 0) is 6.18 Å². The van der Waals surface area contributed by atoms with E-state index in [1.54, 1.807) is 24.3 Å². The van der Waals surface area contributed by atoms with Gasteiger partial charge in [0, 0.05) is 10.8 Å². The highest BCUT2D eigenvalue weighted by atomic mass is 32.2. The number of thioether (sulfide) groups is 1. The lowest BCUT2D eigenvalue weighted by molar-refractivity contribution is -0.138. The smallest absolute Gasteiger partial charge is 0.417 e. The predicted octanol–water partition coefficient (Wildman–Crippen LogP) is 6.26. The highest BCUT2D eigenvalue weighted by molar-refractivity contribution is 7.99. The molecule has 0 N–H and O–H groups in total. The van der Waals surface area contributed by atoms with Crippen LogP contribution in [0.3, 0.4) is 0 Å². The zero-order chi connectivity index (χ0) is 22.0. The van der Waals surface area contributed by atoms with Crippen LogP contribution in [0.1, 0.15) is 28.9 Å². The Balaban J connectivity index is 1.81. The molecule has 0 spiro atoms. The van der Waals surface area contributed by atoms with Gasteiger partial charge in [-0.1, -0.05) is 42.1 Å². The molecule has 3 aromatic rings. The van der Waals surface area contributed by atoms with Crippen LogP contribution >= 0.6 is 11.8 Å². The minimum absolute atomic E-state index is 0.0403. The topological polar surface area (TPSA) is 55.1 Å². The molecule has 158 valence electrons. The van der Waals surface area contributed by atoms with Crippen molar-refractivity contribution in [2.24, 2.45) is 0 Å². The molecule has 2 heterocycles. The second kappa shape index (κ2) is 8.52. The van der Waals surface area contributed by atoms with Gasteiger partial charge >= 0.3 is 6.18 Å². The minimum atomic E-state index is -4.69. The number of halogens is 3. The van der Waals surface area contributed by atoms with Crippen LogP contribution in [0.2, 0.25) is 0 Å². The molecule has 4 rings (SSSR count). The van der Waals surface area contributed by atoms with Gasteiger partial charge in [0.2, 0.25) is 0 Å². The number of nitriles is 1. The summed E-state index contributed by atoms with van der Waals surface area (Å²) >= 11 is 1.13. The highest BCUT2D eigenvalue weighted by Gasteiger charge is 2.36. The summed E-state index contributed by atoms with van der Waals surface area (Å²) in [5, 5.41) is 9.37. The number of hydrogen-bond donors (Lipinski definition) is 0. The molecule has 8 heteroatoms. The Morgan fingerprint density at radius 2 is 1.74 bits per heavy atom. The van der Waals surface area contributed by atoms with E-state index < -0.39 is 17.3 Å². The average Bonchev–Trinajstić information content (AvgIpc) is 2.78. The van der Waals surface area contributed by atoms with E-state index in [1.807, 2.05) is 37.3 Å². The number of aromatic nitrogens is 1. The summed E-state index contributed by atoms with van der Waals surface area (Å²) in [5.74, 6) is 0.988. The van der Waals surface area contributed by atoms with Gasteiger partial charge in [-0.05, 0) is 36.8 Å². The van der Waals surface area contributed by atoms with E-state index in [4.69, 9.17) is 9.47 Å². The highest BCUT2D eigenvalue weighted by Crippen LogP contribution is 2.43. The van der Waals surface area contributed by atoms with Crippen LogP contribution in [0.5, 0.6) is 11.5 Å². The van der Waals surface area contributed by atoms with E-state index in [0.29, 0.717) is 30.3 Å². The van der Waals surface area contributed by atoms with Crippen molar-refractivity contribution in [3.8, 4) is 28.8 Å². The molecule has 2 aromatic carbocycles. The standard InChI is InChI=1S/C23H17F3N2O2S/c1-14(15-5-3-2-4-6-15)31-22-17(13-27)18(23(24,25)26)12-19(28-22)16-7-8-20-21(11-16)30-10-9-29-20/h2-8,11-12,14H,9-10H2,1H3. The monoisotopic (exact) mass is 442 g/mol. The third-order valence-electron chi connectivity index (χ3n) is 4.80. The van der Waals surface area contributed by atoms with Crippen LogP contribution in [0.15, 0.2) is 59.6 Å². The van der Waals surface area contributed by atoms with Gasteiger partial charge in [0.1, 0.15) is 24.3 Å². The molecular weight excluding hydrogens is 425 g/mol. The van der Waals surface area contributed by atoms with Gasteiger partial charge in [-0.25, -0.2) is 4.98 Å². The van der Waals surface area contributed by atoms with Crippen molar-refractivity contribution in [3.63, 3.8) is 0 Å². The van der Waals surface area contributed by atoms with Crippen LogP contribution < -0.4 is 9.47 Å². The maximum Gasteiger partial charge on any atom is 0.417 e. The van der Waals surface area contributed by atoms with Crippen LogP contribution in [0, 0.1) is 11.3 Å². The number of alkyl halides is 3. The molecule has 0 fully saturated rings. The van der Waals surface area contributed by atoms with Crippen molar-refractivity contribution in [2.75, 3.05) is 13.2 Å². The summed E-state index contributed by atoms with van der Waals surface area (Å²) in [4.78, 5) is 4.45. The Kier molecular flexibility index (Phi) is 5.79. The SMILES string of the molecule is CC(Sc1nc(-c2ccc3c(c2)OCCO3)cc(C(F)(F)F)c1C#N)c1ccccc1. The summed E-state index contributed by atoms with van der Waals surface area (Å²) in [6.07, 6.45) is -4.69. The van der Waals surface area contributed by atoms with Gasteiger partial charge < -0.3 is 9.47 Å². The number of benzene rings is 2. The fourth-order valence-electron chi connectivity index (χ4n) is 3.25. The summed E-state index contributed by atoms with van der Waals surface area (Å²) < 4.78 is 52.5. The van der Waals surface area contributed by atoms with Gasteiger partial charge in [0.15, 0.2) is 11.5 Å². The first-order valence-electron chi connectivity index (χ1n) is 9.51. The molecule has 1 unspecified atom stereocenters. The summed E-state index contributed by atoms with van der Waals surface area (Å²) in [6.45, 7) is 2.64. The van der Waals surface area contributed by atoms with Gasteiger partial charge in [0.25, 0.3) is 0 Å². The first kappa shape index (κ1) is 21.1. The molecule has 1 aliphatic heterocycles. The van der Waals surface area contributed by atoms with Crippen molar-refractivity contribution in [1.29, 1.82) is 5.26 Å². The molecule has 31 heavy (non-hydrogen) atoms. The molecule has 0 saturated heterocycles. The Morgan fingerprint density at radius 1 is 1.03 bits per heavy atom. The second-order valence-electron chi connectivity index (χ2n) is 6.87. The lowest BCUT2D eigenvalue weighted by Crippen LogP contribution is -2.15. The quantitative estimate of drug-likeness (QED) is 0.446. The van der Waals surface area contributed by atoms with Crippen LogP contribution in [0.25, 0.3) is 11.3 Å². The molecule has 0 bridgehead atoms. The molecule has 1 aliphatic rings. The molecule has 0 amide bonds. The lowest BCUT2D eigenvalue weighted by atomic mass is 10.0. The Bertz CT molecular complexity index is 1140. The second-order valence-corrected chi connectivity index (χ2v) is 8.20. The van der Waals surface area contributed by atoms with Crippen molar-refractivity contribution >= 4 is 11.8 Å².